The third kappa shape index (κ3) is 2.56. The lowest BCUT2D eigenvalue weighted by Crippen LogP contribution is -1.95. The molecule has 0 atom stereocenters. The third-order valence-corrected chi connectivity index (χ3v) is 2.65. The van der Waals surface area contributed by atoms with Crippen molar-refractivity contribution in [1.29, 1.82) is 0 Å². The summed E-state index contributed by atoms with van der Waals surface area (Å²) in [5, 5.41) is 8.71. The molecule has 17 heavy (non-hydrogen) atoms. The maximum absolute atomic E-state index is 8.71. The summed E-state index contributed by atoms with van der Waals surface area (Å²) in [6.07, 6.45) is 4.69. The van der Waals surface area contributed by atoms with Crippen molar-refractivity contribution in [2.45, 2.75) is 12.8 Å². The standard InChI is InChI=1S/C14H15N2O/c1-17-14-10-12(6-5-9-15)11-16(14)13-7-3-2-4-8-13/h2-4,7-11H,5-6H2,1H3. The van der Waals surface area contributed by atoms with Crippen molar-refractivity contribution in [3.63, 3.8) is 0 Å². The Morgan fingerprint density at radius 2 is 2.06 bits per heavy atom. The number of para-hydroxylation sites is 1. The number of benzene rings is 1. The first kappa shape index (κ1) is 11.5. The van der Waals surface area contributed by atoms with Gasteiger partial charge in [0.2, 0.25) is 0 Å². The summed E-state index contributed by atoms with van der Waals surface area (Å²) in [7, 11) is 1.66. The summed E-state index contributed by atoms with van der Waals surface area (Å²) in [6.45, 7) is 0. The fourth-order valence-electron chi connectivity index (χ4n) is 1.81. The van der Waals surface area contributed by atoms with Gasteiger partial charge in [-0.3, -0.25) is 4.57 Å². The highest BCUT2D eigenvalue weighted by atomic mass is 16.5. The molecule has 0 saturated heterocycles. The predicted octanol–water partition coefficient (Wildman–Crippen LogP) is 2.29. The Labute approximate surface area is 101 Å². The van der Waals surface area contributed by atoms with E-state index < -0.39 is 0 Å². The van der Waals surface area contributed by atoms with E-state index in [4.69, 9.17) is 10.1 Å². The van der Waals surface area contributed by atoms with Crippen LogP contribution in [0.3, 0.4) is 0 Å². The highest BCUT2D eigenvalue weighted by Crippen LogP contribution is 2.22. The first-order valence-corrected chi connectivity index (χ1v) is 5.61. The summed E-state index contributed by atoms with van der Waals surface area (Å²) in [5.41, 5.74) is 2.22. The Morgan fingerprint density at radius 1 is 1.29 bits per heavy atom. The molecule has 2 aromatic rings. The van der Waals surface area contributed by atoms with E-state index in [1.807, 2.05) is 47.2 Å². The van der Waals surface area contributed by atoms with Crippen LogP contribution in [-0.4, -0.2) is 17.9 Å². The van der Waals surface area contributed by atoms with Crippen molar-refractivity contribution < 1.29 is 4.74 Å². The van der Waals surface area contributed by atoms with Crippen LogP contribution < -0.4 is 10.1 Å². The molecule has 0 N–H and O–H groups in total. The molecule has 0 aliphatic rings. The van der Waals surface area contributed by atoms with E-state index in [0.29, 0.717) is 6.42 Å². The molecule has 0 aliphatic heterocycles. The number of aryl methyl sites for hydroxylation is 1. The molecule has 3 nitrogen and oxygen atoms in total. The molecule has 0 unspecified atom stereocenters. The quantitative estimate of drug-likeness (QED) is 0.722. The van der Waals surface area contributed by atoms with Crippen LogP contribution in [0.4, 0.5) is 0 Å². The van der Waals surface area contributed by atoms with E-state index in [2.05, 4.69) is 0 Å². The molecule has 0 fully saturated rings. The summed E-state index contributed by atoms with van der Waals surface area (Å²) >= 11 is 0. The summed E-state index contributed by atoms with van der Waals surface area (Å²) in [5.74, 6) is 0.809. The Bertz CT molecular complexity index is 488. The monoisotopic (exact) mass is 227 g/mol. The summed E-state index contributed by atoms with van der Waals surface area (Å²) in [6, 6.07) is 12.0. The van der Waals surface area contributed by atoms with E-state index >= 15 is 0 Å². The smallest absolute Gasteiger partial charge is 0.198 e. The minimum Gasteiger partial charge on any atom is -0.482 e. The number of aromatic nitrogens is 1. The zero-order valence-electron chi connectivity index (χ0n) is 9.84. The molecule has 0 aliphatic carbocycles. The van der Waals surface area contributed by atoms with E-state index in [1.165, 1.54) is 6.21 Å². The number of hydrogen-bond donors (Lipinski definition) is 0. The van der Waals surface area contributed by atoms with Gasteiger partial charge in [0.05, 0.1) is 7.11 Å². The van der Waals surface area contributed by atoms with E-state index in [0.717, 1.165) is 23.6 Å². The summed E-state index contributed by atoms with van der Waals surface area (Å²) in [4.78, 5) is 0. The van der Waals surface area contributed by atoms with Crippen LogP contribution in [0, 0.1) is 0 Å². The molecule has 2 rings (SSSR count). The van der Waals surface area contributed by atoms with Gasteiger partial charge in [-0.1, -0.05) is 18.2 Å². The van der Waals surface area contributed by atoms with Gasteiger partial charge in [0, 0.05) is 24.2 Å². The summed E-state index contributed by atoms with van der Waals surface area (Å²) < 4.78 is 7.36. The van der Waals surface area contributed by atoms with Gasteiger partial charge in [-0.05, 0) is 30.5 Å². The molecule has 1 heterocycles. The Kier molecular flexibility index (Phi) is 3.60. The van der Waals surface area contributed by atoms with E-state index in [1.54, 1.807) is 7.11 Å². The number of hydrogen-bond acceptors (Lipinski definition) is 1. The van der Waals surface area contributed by atoms with Crippen molar-refractivity contribution in [2.24, 2.45) is 0 Å². The van der Waals surface area contributed by atoms with Gasteiger partial charge >= 0.3 is 0 Å². The topological polar surface area (TPSA) is 36.5 Å². The van der Waals surface area contributed by atoms with E-state index in [-0.39, 0.29) is 0 Å². The first-order valence-electron chi connectivity index (χ1n) is 5.61. The van der Waals surface area contributed by atoms with Crippen molar-refractivity contribution in [1.82, 2.24) is 9.98 Å². The molecule has 87 valence electrons. The van der Waals surface area contributed by atoms with Gasteiger partial charge in [-0.25, -0.2) is 0 Å². The average molecular weight is 227 g/mol. The maximum Gasteiger partial charge on any atom is 0.198 e. The van der Waals surface area contributed by atoms with Crippen LogP contribution in [0.2, 0.25) is 0 Å². The zero-order chi connectivity index (χ0) is 12.1. The molecule has 0 bridgehead atoms. The molecule has 0 spiro atoms. The van der Waals surface area contributed by atoms with Crippen molar-refractivity contribution in [3.8, 4) is 11.6 Å². The van der Waals surface area contributed by atoms with Crippen LogP contribution in [0.1, 0.15) is 12.0 Å². The lowest BCUT2D eigenvalue weighted by molar-refractivity contribution is 0.390. The van der Waals surface area contributed by atoms with Gasteiger partial charge in [0.25, 0.3) is 0 Å². The van der Waals surface area contributed by atoms with Crippen LogP contribution in [0.15, 0.2) is 42.6 Å². The molecular weight excluding hydrogens is 212 g/mol. The van der Waals surface area contributed by atoms with Crippen LogP contribution in [0.5, 0.6) is 5.88 Å². The van der Waals surface area contributed by atoms with E-state index in [9.17, 15) is 0 Å². The van der Waals surface area contributed by atoms with Crippen LogP contribution in [-0.2, 0) is 6.42 Å². The largest absolute Gasteiger partial charge is 0.482 e. The normalized spacial score (nSPS) is 10.2. The maximum atomic E-state index is 8.71. The fraction of sp³-hybridized carbons (Fsp3) is 0.214. The second-order valence-corrected chi connectivity index (χ2v) is 3.82. The predicted molar refractivity (Wildman–Crippen MR) is 68.8 cm³/mol. The van der Waals surface area contributed by atoms with Gasteiger partial charge in [0.15, 0.2) is 5.88 Å². The number of rotatable bonds is 5. The van der Waals surface area contributed by atoms with Crippen LogP contribution >= 0.6 is 0 Å². The molecule has 1 aromatic heterocycles. The Hall–Kier alpha value is -2.03. The number of methoxy groups -OCH3 is 1. The highest BCUT2D eigenvalue weighted by Gasteiger charge is 2.07. The van der Waals surface area contributed by atoms with Crippen molar-refractivity contribution in [3.05, 3.63) is 48.2 Å². The molecular formula is C14H15N2O. The molecule has 1 aromatic carbocycles. The Balaban J connectivity index is 2.33. The van der Waals surface area contributed by atoms with Gasteiger partial charge in [-0.15, -0.1) is 0 Å². The average Bonchev–Trinajstić information content (AvgIpc) is 2.80. The minimum atomic E-state index is 0.655. The van der Waals surface area contributed by atoms with Gasteiger partial charge < -0.3 is 4.74 Å². The number of ether oxygens (including phenoxy) is 1. The zero-order valence-corrected chi connectivity index (χ0v) is 9.84. The van der Waals surface area contributed by atoms with Crippen molar-refractivity contribution >= 4 is 6.21 Å². The Morgan fingerprint density at radius 3 is 2.71 bits per heavy atom. The van der Waals surface area contributed by atoms with Gasteiger partial charge in [0.1, 0.15) is 0 Å². The minimum absolute atomic E-state index is 0.655. The fourth-order valence-corrected chi connectivity index (χ4v) is 1.81. The lowest BCUT2D eigenvalue weighted by Gasteiger charge is -2.06. The number of nitrogens with zero attached hydrogens (tertiary/aromatic N) is 2. The van der Waals surface area contributed by atoms with Crippen molar-refractivity contribution in [2.75, 3.05) is 7.11 Å². The SMILES string of the molecule is COc1cc(CCC=[N])cn1-c1ccccc1. The molecule has 1 radical (unpaired) electrons. The van der Waals surface area contributed by atoms with Gasteiger partial charge in [-0.2, -0.15) is 5.41 Å². The lowest BCUT2D eigenvalue weighted by atomic mass is 10.2. The molecule has 3 heteroatoms. The van der Waals surface area contributed by atoms with Crippen LogP contribution in [0.25, 0.3) is 5.69 Å². The molecule has 0 saturated carbocycles. The molecule has 0 amide bonds. The first-order chi connectivity index (χ1) is 8.35. The second kappa shape index (κ2) is 5.34. The highest BCUT2D eigenvalue weighted by molar-refractivity contribution is 5.54. The third-order valence-electron chi connectivity index (χ3n) is 2.65. The second-order valence-electron chi connectivity index (χ2n) is 3.82.